The highest BCUT2D eigenvalue weighted by molar-refractivity contribution is 6.36. The Morgan fingerprint density at radius 1 is 1.61 bits per heavy atom. The van der Waals surface area contributed by atoms with Crippen LogP contribution in [0.2, 0.25) is 5.02 Å². The van der Waals surface area contributed by atoms with Crippen LogP contribution in [0, 0.1) is 17.2 Å². The van der Waals surface area contributed by atoms with Gasteiger partial charge in [-0.3, -0.25) is 5.41 Å². The standard InChI is InChI=1S/C13H19ClN4/c1-8(2)9-4-6-18(7-9)13-11(14)10(12(15)16)3-5-17-13/h3,5,8-9H,4,6-7H2,1-2H3,(H3,15,16). The number of amidine groups is 1. The predicted molar refractivity (Wildman–Crippen MR) is 75.4 cm³/mol. The largest absolute Gasteiger partial charge is 0.384 e. The quantitative estimate of drug-likeness (QED) is 0.653. The summed E-state index contributed by atoms with van der Waals surface area (Å²) in [5.74, 6) is 2.10. The second-order valence-corrected chi connectivity index (χ2v) is 5.53. The summed E-state index contributed by atoms with van der Waals surface area (Å²) < 4.78 is 0. The lowest BCUT2D eigenvalue weighted by Gasteiger charge is -2.20. The average Bonchev–Trinajstić information content (AvgIpc) is 2.78. The molecule has 5 heteroatoms. The number of anilines is 1. The number of halogens is 1. The van der Waals surface area contributed by atoms with E-state index in [9.17, 15) is 0 Å². The average molecular weight is 267 g/mol. The van der Waals surface area contributed by atoms with Gasteiger partial charge in [-0.1, -0.05) is 25.4 Å². The molecule has 1 fully saturated rings. The minimum absolute atomic E-state index is 0.0109. The Labute approximate surface area is 113 Å². The maximum atomic E-state index is 7.50. The van der Waals surface area contributed by atoms with E-state index in [1.54, 1.807) is 12.3 Å². The van der Waals surface area contributed by atoms with Gasteiger partial charge in [-0.2, -0.15) is 0 Å². The normalized spacial score (nSPS) is 19.6. The van der Waals surface area contributed by atoms with E-state index in [0.29, 0.717) is 22.4 Å². The summed E-state index contributed by atoms with van der Waals surface area (Å²) in [6.45, 7) is 6.44. The topological polar surface area (TPSA) is 66.0 Å². The zero-order chi connectivity index (χ0) is 13.3. The molecule has 0 saturated carbocycles. The first-order valence-electron chi connectivity index (χ1n) is 6.24. The second-order valence-electron chi connectivity index (χ2n) is 5.15. The van der Waals surface area contributed by atoms with E-state index in [1.165, 1.54) is 6.42 Å². The van der Waals surface area contributed by atoms with E-state index in [1.807, 2.05) is 0 Å². The van der Waals surface area contributed by atoms with Crippen molar-refractivity contribution in [3.63, 3.8) is 0 Å². The number of pyridine rings is 1. The van der Waals surface area contributed by atoms with Crippen LogP contribution in [0.15, 0.2) is 12.3 Å². The number of nitrogens with zero attached hydrogens (tertiary/aromatic N) is 2. The highest BCUT2D eigenvalue weighted by Gasteiger charge is 2.27. The maximum Gasteiger partial charge on any atom is 0.148 e. The number of hydrogen-bond donors (Lipinski definition) is 2. The first-order chi connectivity index (χ1) is 8.50. The Morgan fingerprint density at radius 3 is 2.89 bits per heavy atom. The maximum absolute atomic E-state index is 7.50. The van der Waals surface area contributed by atoms with Crippen molar-refractivity contribution in [2.75, 3.05) is 18.0 Å². The summed E-state index contributed by atoms with van der Waals surface area (Å²) in [7, 11) is 0. The van der Waals surface area contributed by atoms with Crippen molar-refractivity contribution in [3.8, 4) is 0 Å². The molecule has 1 saturated heterocycles. The van der Waals surface area contributed by atoms with E-state index < -0.39 is 0 Å². The second kappa shape index (κ2) is 5.14. The molecule has 0 spiro atoms. The molecule has 2 heterocycles. The summed E-state index contributed by atoms with van der Waals surface area (Å²) in [6, 6.07) is 1.68. The van der Waals surface area contributed by atoms with Gasteiger partial charge in [0.25, 0.3) is 0 Å². The summed E-state index contributed by atoms with van der Waals surface area (Å²) in [4.78, 5) is 6.53. The molecule has 98 valence electrons. The van der Waals surface area contributed by atoms with Crippen molar-refractivity contribution >= 4 is 23.3 Å². The van der Waals surface area contributed by atoms with E-state index in [2.05, 4.69) is 23.7 Å². The Morgan fingerprint density at radius 2 is 2.33 bits per heavy atom. The molecule has 0 aliphatic carbocycles. The van der Waals surface area contributed by atoms with Crippen molar-refractivity contribution in [1.82, 2.24) is 4.98 Å². The molecule has 1 aromatic rings. The fourth-order valence-electron chi connectivity index (χ4n) is 2.39. The third kappa shape index (κ3) is 2.43. The Bertz CT molecular complexity index is 458. The minimum Gasteiger partial charge on any atom is -0.384 e. The van der Waals surface area contributed by atoms with Crippen LogP contribution in [0.4, 0.5) is 5.82 Å². The van der Waals surface area contributed by atoms with Crippen LogP contribution in [0.5, 0.6) is 0 Å². The van der Waals surface area contributed by atoms with Gasteiger partial charge in [-0.05, 0) is 24.3 Å². The minimum atomic E-state index is -0.0109. The molecule has 0 amide bonds. The lowest BCUT2D eigenvalue weighted by molar-refractivity contribution is 0.422. The fourth-order valence-corrected chi connectivity index (χ4v) is 2.72. The fraction of sp³-hybridized carbons (Fsp3) is 0.538. The number of nitrogens with two attached hydrogens (primary N) is 1. The monoisotopic (exact) mass is 266 g/mol. The molecular weight excluding hydrogens is 248 g/mol. The molecule has 3 N–H and O–H groups in total. The van der Waals surface area contributed by atoms with Crippen molar-refractivity contribution < 1.29 is 0 Å². The molecule has 1 aromatic heterocycles. The van der Waals surface area contributed by atoms with Crippen molar-refractivity contribution in [2.24, 2.45) is 17.6 Å². The van der Waals surface area contributed by atoms with E-state index in [4.69, 9.17) is 22.7 Å². The highest BCUT2D eigenvalue weighted by atomic mass is 35.5. The molecule has 1 aliphatic heterocycles. The molecule has 1 atom stereocenters. The number of hydrogen-bond acceptors (Lipinski definition) is 3. The van der Waals surface area contributed by atoms with Crippen molar-refractivity contribution in [1.29, 1.82) is 5.41 Å². The predicted octanol–water partition coefficient (Wildman–Crippen LogP) is 2.50. The smallest absolute Gasteiger partial charge is 0.148 e. The lowest BCUT2D eigenvalue weighted by Crippen LogP contribution is -2.23. The molecular formula is C13H19ClN4. The van der Waals surface area contributed by atoms with Crippen molar-refractivity contribution in [3.05, 3.63) is 22.8 Å². The van der Waals surface area contributed by atoms with Gasteiger partial charge >= 0.3 is 0 Å². The number of rotatable bonds is 3. The van der Waals surface area contributed by atoms with E-state index in [0.717, 1.165) is 18.9 Å². The van der Waals surface area contributed by atoms with Crippen LogP contribution < -0.4 is 10.6 Å². The molecule has 2 rings (SSSR count). The van der Waals surface area contributed by atoms with E-state index >= 15 is 0 Å². The number of nitrogen functional groups attached to an aromatic ring is 1. The third-order valence-corrected chi connectivity index (χ3v) is 4.00. The van der Waals surface area contributed by atoms with Crippen LogP contribution in [0.1, 0.15) is 25.8 Å². The molecule has 1 aliphatic rings. The van der Waals surface area contributed by atoms with Gasteiger partial charge in [0.1, 0.15) is 11.7 Å². The first-order valence-corrected chi connectivity index (χ1v) is 6.62. The van der Waals surface area contributed by atoms with Gasteiger partial charge in [0, 0.05) is 24.8 Å². The Balaban J connectivity index is 2.25. The Hall–Kier alpha value is -1.29. The third-order valence-electron chi connectivity index (χ3n) is 3.63. The van der Waals surface area contributed by atoms with Gasteiger partial charge in [0.15, 0.2) is 0 Å². The summed E-state index contributed by atoms with van der Waals surface area (Å²) in [5, 5.41) is 7.99. The van der Waals surface area contributed by atoms with Crippen LogP contribution in [0.3, 0.4) is 0 Å². The molecule has 4 nitrogen and oxygen atoms in total. The van der Waals surface area contributed by atoms with Gasteiger partial charge in [0.05, 0.1) is 5.02 Å². The Kier molecular flexibility index (Phi) is 3.76. The molecule has 18 heavy (non-hydrogen) atoms. The highest BCUT2D eigenvalue weighted by Crippen LogP contribution is 2.32. The molecule has 0 bridgehead atoms. The zero-order valence-electron chi connectivity index (χ0n) is 10.8. The number of aromatic nitrogens is 1. The van der Waals surface area contributed by atoms with Gasteiger partial charge in [0.2, 0.25) is 0 Å². The van der Waals surface area contributed by atoms with Crippen LogP contribution in [0.25, 0.3) is 0 Å². The van der Waals surface area contributed by atoms with Gasteiger partial charge < -0.3 is 10.6 Å². The summed E-state index contributed by atoms with van der Waals surface area (Å²) >= 11 is 6.29. The van der Waals surface area contributed by atoms with Gasteiger partial charge in [-0.25, -0.2) is 4.98 Å². The van der Waals surface area contributed by atoms with Crippen molar-refractivity contribution in [2.45, 2.75) is 20.3 Å². The van der Waals surface area contributed by atoms with Crippen LogP contribution in [-0.4, -0.2) is 23.9 Å². The van der Waals surface area contributed by atoms with Crippen LogP contribution in [-0.2, 0) is 0 Å². The van der Waals surface area contributed by atoms with Crippen LogP contribution >= 0.6 is 11.6 Å². The SMILES string of the molecule is CC(C)C1CCN(c2nccc(C(=N)N)c2Cl)C1. The molecule has 1 unspecified atom stereocenters. The summed E-state index contributed by atoms with van der Waals surface area (Å²) in [5.41, 5.74) is 6.07. The molecule has 0 aromatic carbocycles. The van der Waals surface area contributed by atoms with Gasteiger partial charge in [-0.15, -0.1) is 0 Å². The summed E-state index contributed by atoms with van der Waals surface area (Å²) in [6.07, 6.45) is 2.83. The first kappa shape index (κ1) is 13.1. The number of nitrogens with one attached hydrogen (secondary N) is 1. The molecule has 0 radical (unpaired) electrons. The van der Waals surface area contributed by atoms with E-state index in [-0.39, 0.29) is 5.84 Å². The lowest BCUT2D eigenvalue weighted by atomic mass is 9.95. The zero-order valence-corrected chi connectivity index (χ0v) is 11.5.